The number of rotatable bonds is 3. The highest BCUT2D eigenvalue weighted by Gasteiger charge is 2.26. The lowest BCUT2D eigenvalue weighted by Gasteiger charge is -2.32. The van der Waals surface area contributed by atoms with Crippen molar-refractivity contribution in [2.75, 3.05) is 25.6 Å². The first kappa shape index (κ1) is 14.0. The zero-order valence-electron chi connectivity index (χ0n) is 12.4. The first-order valence-electron chi connectivity index (χ1n) is 7.67. The number of likely N-dealkylation sites (tertiary alicyclic amines) is 1. The first-order valence-corrected chi connectivity index (χ1v) is 7.67. The number of anilines is 1. The van der Waals surface area contributed by atoms with E-state index < -0.39 is 0 Å². The van der Waals surface area contributed by atoms with Crippen LogP contribution in [0, 0.1) is 5.92 Å². The van der Waals surface area contributed by atoms with Crippen LogP contribution in [-0.4, -0.2) is 30.7 Å². The predicted molar refractivity (Wildman–Crippen MR) is 80.5 cm³/mol. The molecule has 0 unspecified atom stereocenters. The van der Waals surface area contributed by atoms with E-state index in [4.69, 9.17) is 15.2 Å². The van der Waals surface area contributed by atoms with Crippen molar-refractivity contribution >= 4 is 11.6 Å². The molecule has 2 aliphatic rings. The Labute approximate surface area is 125 Å². The summed E-state index contributed by atoms with van der Waals surface area (Å²) in [6.45, 7) is 4.04. The fraction of sp³-hybridized carbons (Fsp3) is 0.562. The maximum atomic E-state index is 12.6. The van der Waals surface area contributed by atoms with Crippen LogP contribution >= 0.6 is 0 Å². The van der Waals surface area contributed by atoms with Gasteiger partial charge in [-0.25, -0.2) is 0 Å². The van der Waals surface area contributed by atoms with Crippen molar-refractivity contribution in [1.29, 1.82) is 0 Å². The van der Waals surface area contributed by atoms with Gasteiger partial charge in [0.2, 0.25) is 6.79 Å². The Morgan fingerprint density at radius 2 is 1.95 bits per heavy atom. The maximum absolute atomic E-state index is 12.6. The zero-order chi connectivity index (χ0) is 14.8. The van der Waals surface area contributed by atoms with Gasteiger partial charge in [0.05, 0.1) is 5.56 Å². The topological polar surface area (TPSA) is 64.8 Å². The predicted octanol–water partition coefficient (Wildman–Crippen LogP) is 2.65. The lowest BCUT2D eigenvalue weighted by Crippen LogP contribution is -2.38. The second kappa shape index (κ2) is 5.84. The number of hydrogen-bond acceptors (Lipinski definition) is 4. The number of carbonyl (C=O) groups excluding carboxylic acids is 1. The Kier molecular flexibility index (Phi) is 3.90. The van der Waals surface area contributed by atoms with Crippen LogP contribution < -0.4 is 15.2 Å². The minimum absolute atomic E-state index is 0.000693. The molecule has 1 aromatic carbocycles. The molecular formula is C16H22N2O3. The number of amides is 1. The Morgan fingerprint density at radius 3 is 2.62 bits per heavy atom. The molecule has 3 rings (SSSR count). The average Bonchev–Trinajstić information content (AvgIpc) is 2.94. The zero-order valence-corrected chi connectivity index (χ0v) is 12.4. The molecule has 0 aliphatic carbocycles. The van der Waals surface area contributed by atoms with Gasteiger partial charge in [0.15, 0.2) is 11.5 Å². The number of nitrogens with two attached hydrogens (primary N) is 1. The number of nitrogens with zero attached hydrogens (tertiary/aromatic N) is 1. The fourth-order valence-corrected chi connectivity index (χ4v) is 3.15. The maximum Gasteiger partial charge on any atom is 0.256 e. The largest absolute Gasteiger partial charge is 0.454 e. The number of hydrogen-bond donors (Lipinski definition) is 1. The molecule has 0 atom stereocenters. The Bertz CT molecular complexity index is 537. The summed E-state index contributed by atoms with van der Waals surface area (Å²) in [4.78, 5) is 14.5. The van der Waals surface area contributed by atoms with Crippen molar-refractivity contribution in [2.24, 2.45) is 5.92 Å². The third kappa shape index (κ3) is 2.77. The molecule has 0 spiro atoms. The molecule has 2 aliphatic heterocycles. The van der Waals surface area contributed by atoms with Crippen LogP contribution in [0.5, 0.6) is 11.5 Å². The monoisotopic (exact) mass is 290 g/mol. The summed E-state index contributed by atoms with van der Waals surface area (Å²) in [7, 11) is 0. The first-order chi connectivity index (χ1) is 10.2. The third-order valence-electron chi connectivity index (χ3n) is 4.37. The number of benzene rings is 1. The van der Waals surface area contributed by atoms with Gasteiger partial charge in [-0.1, -0.05) is 19.8 Å². The second-order valence-electron chi connectivity index (χ2n) is 5.82. The molecule has 2 heterocycles. The number of piperidine rings is 1. The van der Waals surface area contributed by atoms with Crippen molar-refractivity contribution in [1.82, 2.24) is 4.90 Å². The standard InChI is InChI=1S/C16H22N2O3/c1-2-3-11-4-6-18(7-5-11)16(19)12-8-14-15(9-13(12)17)21-10-20-14/h8-9,11H,2-7,10,17H2,1H3. The van der Waals surface area contributed by atoms with Gasteiger partial charge in [0, 0.05) is 24.8 Å². The van der Waals surface area contributed by atoms with E-state index >= 15 is 0 Å². The number of carbonyl (C=O) groups is 1. The summed E-state index contributed by atoms with van der Waals surface area (Å²) in [5.74, 6) is 1.98. The van der Waals surface area contributed by atoms with Crippen LogP contribution in [0.2, 0.25) is 0 Å². The van der Waals surface area contributed by atoms with Gasteiger partial charge in [-0.2, -0.15) is 0 Å². The van der Waals surface area contributed by atoms with E-state index in [2.05, 4.69) is 6.92 Å². The summed E-state index contributed by atoms with van der Waals surface area (Å²) in [6, 6.07) is 3.39. The van der Waals surface area contributed by atoms with Crippen molar-refractivity contribution < 1.29 is 14.3 Å². The van der Waals surface area contributed by atoms with Crippen LogP contribution in [0.1, 0.15) is 43.0 Å². The Morgan fingerprint density at radius 1 is 1.29 bits per heavy atom. The molecule has 21 heavy (non-hydrogen) atoms. The van der Waals surface area contributed by atoms with Crippen LogP contribution in [0.3, 0.4) is 0 Å². The SMILES string of the molecule is CCCC1CCN(C(=O)c2cc3c(cc2N)OCO3)CC1. The minimum atomic E-state index is 0.000693. The summed E-state index contributed by atoms with van der Waals surface area (Å²) in [5.41, 5.74) is 6.97. The van der Waals surface area contributed by atoms with Crippen LogP contribution in [0.4, 0.5) is 5.69 Å². The van der Waals surface area contributed by atoms with Crippen LogP contribution in [0.15, 0.2) is 12.1 Å². The van der Waals surface area contributed by atoms with E-state index in [9.17, 15) is 4.79 Å². The number of ether oxygens (including phenoxy) is 2. The summed E-state index contributed by atoms with van der Waals surface area (Å²) in [5, 5.41) is 0. The van der Waals surface area contributed by atoms with Gasteiger partial charge in [-0.05, 0) is 24.8 Å². The average molecular weight is 290 g/mol. The van der Waals surface area contributed by atoms with Crippen molar-refractivity contribution in [3.8, 4) is 11.5 Å². The van der Waals surface area contributed by atoms with E-state index in [1.807, 2.05) is 4.90 Å². The second-order valence-corrected chi connectivity index (χ2v) is 5.82. The van der Waals surface area contributed by atoms with Gasteiger partial charge >= 0.3 is 0 Å². The van der Waals surface area contributed by atoms with Crippen molar-refractivity contribution in [3.05, 3.63) is 17.7 Å². The molecule has 1 amide bonds. The smallest absolute Gasteiger partial charge is 0.256 e. The van der Waals surface area contributed by atoms with Crippen LogP contribution in [0.25, 0.3) is 0 Å². The molecule has 1 fully saturated rings. The third-order valence-corrected chi connectivity index (χ3v) is 4.37. The highest BCUT2D eigenvalue weighted by molar-refractivity contribution is 6.00. The molecule has 114 valence electrons. The van der Waals surface area contributed by atoms with Gasteiger partial charge in [0.25, 0.3) is 5.91 Å². The lowest BCUT2D eigenvalue weighted by atomic mass is 9.92. The molecular weight excluding hydrogens is 268 g/mol. The van der Waals surface area contributed by atoms with Crippen LogP contribution in [-0.2, 0) is 0 Å². The summed E-state index contributed by atoms with van der Waals surface area (Å²) >= 11 is 0. The van der Waals surface area contributed by atoms with Gasteiger partial charge in [-0.15, -0.1) is 0 Å². The molecule has 1 saturated heterocycles. The Balaban J connectivity index is 1.71. The highest BCUT2D eigenvalue weighted by atomic mass is 16.7. The van der Waals surface area contributed by atoms with Crippen molar-refractivity contribution in [3.63, 3.8) is 0 Å². The molecule has 1 aromatic rings. The van der Waals surface area contributed by atoms with E-state index in [0.29, 0.717) is 22.7 Å². The highest BCUT2D eigenvalue weighted by Crippen LogP contribution is 2.36. The van der Waals surface area contributed by atoms with E-state index in [-0.39, 0.29) is 12.7 Å². The van der Waals surface area contributed by atoms with Gasteiger partial charge < -0.3 is 20.1 Å². The van der Waals surface area contributed by atoms with Gasteiger partial charge in [-0.3, -0.25) is 4.79 Å². The van der Waals surface area contributed by atoms with Crippen molar-refractivity contribution in [2.45, 2.75) is 32.6 Å². The van der Waals surface area contributed by atoms with Gasteiger partial charge in [0.1, 0.15) is 0 Å². The molecule has 5 nitrogen and oxygen atoms in total. The summed E-state index contributed by atoms with van der Waals surface area (Å²) < 4.78 is 10.6. The molecule has 0 saturated carbocycles. The Hall–Kier alpha value is -1.91. The van der Waals surface area contributed by atoms with E-state index in [1.165, 1.54) is 12.8 Å². The molecule has 0 aromatic heterocycles. The van der Waals surface area contributed by atoms with E-state index in [0.717, 1.165) is 31.8 Å². The minimum Gasteiger partial charge on any atom is -0.454 e. The normalized spacial score (nSPS) is 18.0. The lowest BCUT2D eigenvalue weighted by molar-refractivity contribution is 0.0687. The summed E-state index contributed by atoms with van der Waals surface area (Å²) in [6.07, 6.45) is 4.65. The number of fused-ring (bicyclic) bond motifs is 1. The number of nitrogen functional groups attached to an aromatic ring is 1. The fourth-order valence-electron chi connectivity index (χ4n) is 3.15. The molecule has 5 heteroatoms. The molecule has 2 N–H and O–H groups in total. The molecule has 0 bridgehead atoms. The quantitative estimate of drug-likeness (QED) is 0.869. The molecule has 0 radical (unpaired) electrons. The van der Waals surface area contributed by atoms with E-state index in [1.54, 1.807) is 12.1 Å².